The summed E-state index contributed by atoms with van der Waals surface area (Å²) in [6.07, 6.45) is 0. The summed E-state index contributed by atoms with van der Waals surface area (Å²) in [5, 5.41) is 11.2. The number of nitrogens with one attached hydrogen (secondary N) is 2. The molecular weight excluding hydrogens is 336 g/mol. The van der Waals surface area contributed by atoms with Crippen LogP contribution in [-0.4, -0.2) is 52.2 Å². The molecule has 0 bridgehead atoms. The van der Waals surface area contributed by atoms with Gasteiger partial charge in [-0.1, -0.05) is 11.6 Å². The molecule has 0 aromatic heterocycles. The number of esters is 1. The van der Waals surface area contributed by atoms with E-state index in [4.69, 9.17) is 16.7 Å². The van der Waals surface area contributed by atoms with Crippen molar-refractivity contribution in [1.29, 1.82) is 0 Å². The van der Waals surface area contributed by atoms with Gasteiger partial charge in [-0.15, -0.1) is 0 Å². The summed E-state index contributed by atoms with van der Waals surface area (Å²) in [4.78, 5) is 23.1. The molecule has 3 N–H and O–H groups in total. The zero-order valence-electron chi connectivity index (χ0n) is 11.8. The van der Waals surface area contributed by atoms with E-state index in [1.807, 2.05) is 0 Å². The lowest BCUT2D eigenvalue weighted by atomic mass is 10.2. The van der Waals surface area contributed by atoms with E-state index in [2.05, 4.69) is 14.8 Å². The topological polar surface area (TPSA) is 122 Å². The number of aliphatic hydroxyl groups excluding tert-OH is 1. The predicted molar refractivity (Wildman–Crippen MR) is 78.1 cm³/mol. The highest BCUT2D eigenvalue weighted by Gasteiger charge is 2.23. The summed E-state index contributed by atoms with van der Waals surface area (Å²) in [6.45, 7) is -0.659. The van der Waals surface area contributed by atoms with Crippen LogP contribution >= 0.6 is 11.6 Å². The molecule has 0 heterocycles. The first-order valence-corrected chi connectivity index (χ1v) is 7.85. The van der Waals surface area contributed by atoms with E-state index in [0.717, 1.165) is 13.2 Å². The van der Waals surface area contributed by atoms with E-state index in [1.54, 1.807) is 0 Å². The summed E-state index contributed by atoms with van der Waals surface area (Å²) >= 11 is 5.81. The van der Waals surface area contributed by atoms with Crippen molar-refractivity contribution < 1.29 is 27.9 Å². The van der Waals surface area contributed by atoms with Crippen LogP contribution in [0.3, 0.4) is 0 Å². The fraction of sp³-hybridized carbons (Fsp3) is 0.333. The second kappa shape index (κ2) is 7.54. The zero-order chi connectivity index (χ0) is 16.9. The minimum absolute atomic E-state index is 0.0411. The van der Waals surface area contributed by atoms with Gasteiger partial charge in [0, 0.05) is 5.56 Å². The maximum Gasteiger partial charge on any atom is 0.330 e. The van der Waals surface area contributed by atoms with Crippen molar-refractivity contribution in [3.05, 3.63) is 28.8 Å². The van der Waals surface area contributed by atoms with Crippen molar-refractivity contribution in [3.63, 3.8) is 0 Å². The van der Waals surface area contributed by atoms with Gasteiger partial charge in [0.2, 0.25) is 10.0 Å². The maximum atomic E-state index is 12.0. The molecule has 122 valence electrons. The van der Waals surface area contributed by atoms with E-state index >= 15 is 0 Å². The number of carbonyl (C=O) groups excluding carboxylic acids is 2. The van der Waals surface area contributed by atoms with Gasteiger partial charge in [-0.2, -0.15) is 0 Å². The third-order valence-electron chi connectivity index (χ3n) is 2.73. The molecule has 10 heteroatoms. The lowest BCUT2D eigenvalue weighted by Crippen LogP contribution is -2.44. The number of methoxy groups -OCH3 is 1. The standard InChI is InChI=1S/C12H15ClN2O6S/c1-14-22(19,20)10-5-7(3-4-8(10)13)11(17)15-9(6-16)12(18)21-2/h3-5,9,14,16H,6H2,1-2H3,(H,15,17)/t9-/m0/s1. The number of amides is 1. The van der Waals surface area contributed by atoms with Crippen molar-refractivity contribution in [3.8, 4) is 0 Å². The quantitative estimate of drug-likeness (QED) is 0.595. The average molecular weight is 351 g/mol. The Morgan fingerprint density at radius 1 is 1.41 bits per heavy atom. The summed E-state index contributed by atoms with van der Waals surface area (Å²) in [5.74, 6) is -1.58. The molecule has 0 unspecified atom stereocenters. The SMILES string of the molecule is CNS(=O)(=O)c1cc(C(=O)N[C@@H](CO)C(=O)OC)ccc1Cl. The van der Waals surface area contributed by atoms with Crippen molar-refractivity contribution in [2.45, 2.75) is 10.9 Å². The van der Waals surface area contributed by atoms with Crippen LogP contribution in [0.25, 0.3) is 0 Å². The van der Waals surface area contributed by atoms with Crippen molar-refractivity contribution >= 4 is 33.5 Å². The first-order chi connectivity index (χ1) is 10.3. The molecule has 0 spiro atoms. The number of halogens is 1. The van der Waals surface area contributed by atoms with Crippen LogP contribution in [0.1, 0.15) is 10.4 Å². The van der Waals surface area contributed by atoms with Gasteiger partial charge in [0.25, 0.3) is 5.91 Å². The Kier molecular flexibility index (Phi) is 6.30. The molecule has 8 nitrogen and oxygen atoms in total. The van der Waals surface area contributed by atoms with Crippen molar-refractivity contribution in [1.82, 2.24) is 10.0 Å². The molecule has 1 rings (SSSR count). The number of ether oxygens (including phenoxy) is 1. The lowest BCUT2D eigenvalue weighted by molar-refractivity contribution is -0.143. The van der Waals surface area contributed by atoms with E-state index in [9.17, 15) is 18.0 Å². The fourth-order valence-electron chi connectivity index (χ4n) is 1.52. The molecule has 0 saturated carbocycles. The van der Waals surface area contributed by atoms with E-state index in [1.165, 1.54) is 19.2 Å². The Bertz CT molecular complexity index is 676. The predicted octanol–water partition coefficient (Wildman–Crippen LogP) is -0.488. The van der Waals surface area contributed by atoms with Crippen LogP contribution in [0, 0.1) is 0 Å². The average Bonchev–Trinajstić information content (AvgIpc) is 2.51. The van der Waals surface area contributed by atoms with Crippen LogP contribution in [0.15, 0.2) is 23.1 Å². The Labute approximate surface area is 132 Å². The summed E-state index contributed by atoms with van der Waals surface area (Å²) < 4.78 is 30.1. The number of benzene rings is 1. The van der Waals surface area contributed by atoms with Gasteiger partial charge in [0.15, 0.2) is 6.04 Å². The first-order valence-electron chi connectivity index (χ1n) is 5.99. The Morgan fingerprint density at radius 3 is 2.55 bits per heavy atom. The molecule has 1 atom stereocenters. The van der Waals surface area contributed by atoms with Crippen LogP contribution in [0.5, 0.6) is 0 Å². The molecule has 0 fully saturated rings. The Hall–Kier alpha value is -1.68. The number of rotatable bonds is 6. The van der Waals surface area contributed by atoms with Gasteiger partial charge < -0.3 is 15.2 Å². The number of aliphatic hydroxyl groups is 1. The van der Waals surface area contributed by atoms with Gasteiger partial charge in [-0.25, -0.2) is 17.9 Å². The Morgan fingerprint density at radius 2 is 2.05 bits per heavy atom. The number of sulfonamides is 1. The molecule has 1 aromatic rings. The molecule has 22 heavy (non-hydrogen) atoms. The largest absolute Gasteiger partial charge is 0.467 e. The third kappa shape index (κ3) is 4.17. The highest BCUT2D eigenvalue weighted by Crippen LogP contribution is 2.22. The first kappa shape index (κ1) is 18.4. The molecule has 1 amide bonds. The smallest absolute Gasteiger partial charge is 0.330 e. The fourth-order valence-corrected chi connectivity index (χ4v) is 2.77. The molecule has 0 radical (unpaired) electrons. The summed E-state index contributed by atoms with van der Waals surface area (Å²) in [7, 11) is -1.53. The lowest BCUT2D eigenvalue weighted by Gasteiger charge is -2.14. The Balaban J connectivity index is 3.10. The normalized spacial score (nSPS) is 12.5. The third-order valence-corrected chi connectivity index (χ3v) is 4.62. The van der Waals surface area contributed by atoms with Crippen LogP contribution < -0.4 is 10.0 Å². The number of hydrogen-bond donors (Lipinski definition) is 3. The minimum Gasteiger partial charge on any atom is -0.467 e. The molecule has 0 aliphatic heterocycles. The van der Waals surface area contributed by atoms with Crippen molar-refractivity contribution in [2.75, 3.05) is 20.8 Å². The second-order valence-corrected chi connectivity index (χ2v) is 6.35. The van der Waals surface area contributed by atoms with E-state index in [0.29, 0.717) is 0 Å². The number of hydrogen-bond acceptors (Lipinski definition) is 6. The van der Waals surface area contributed by atoms with Gasteiger partial charge >= 0.3 is 5.97 Å². The molecular formula is C12H15ClN2O6S. The second-order valence-electron chi connectivity index (χ2n) is 4.08. The highest BCUT2D eigenvalue weighted by molar-refractivity contribution is 7.89. The molecule has 0 aliphatic rings. The number of carbonyl (C=O) groups is 2. The summed E-state index contributed by atoms with van der Waals surface area (Å²) in [5.41, 5.74) is -0.0411. The van der Waals surface area contributed by atoms with E-state index in [-0.39, 0.29) is 15.5 Å². The maximum absolute atomic E-state index is 12.0. The van der Waals surface area contributed by atoms with Gasteiger partial charge in [-0.05, 0) is 25.2 Å². The molecule has 0 aliphatic carbocycles. The van der Waals surface area contributed by atoms with E-state index < -0.39 is 34.5 Å². The van der Waals surface area contributed by atoms with Gasteiger partial charge in [0.05, 0.1) is 18.7 Å². The zero-order valence-corrected chi connectivity index (χ0v) is 13.4. The van der Waals surface area contributed by atoms with Gasteiger partial charge in [0.1, 0.15) is 4.90 Å². The minimum atomic E-state index is -3.84. The molecule has 0 saturated heterocycles. The van der Waals surface area contributed by atoms with Crippen molar-refractivity contribution in [2.24, 2.45) is 0 Å². The summed E-state index contributed by atoms with van der Waals surface area (Å²) in [6, 6.07) is 2.34. The monoisotopic (exact) mass is 350 g/mol. The van der Waals surface area contributed by atoms with Crippen LogP contribution in [0.2, 0.25) is 5.02 Å². The molecule has 1 aromatic carbocycles. The van der Waals surface area contributed by atoms with Crippen LogP contribution in [0.4, 0.5) is 0 Å². The van der Waals surface area contributed by atoms with Gasteiger partial charge in [-0.3, -0.25) is 4.79 Å². The highest BCUT2D eigenvalue weighted by atomic mass is 35.5. The van der Waals surface area contributed by atoms with Crippen LogP contribution in [-0.2, 0) is 19.6 Å².